The average molecular weight is 300 g/mol. The molecule has 1 fully saturated rings. The number of nitrogens with zero attached hydrogens (tertiary/aromatic N) is 1. The fourth-order valence-electron chi connectivity index (χ4n) is 2.20. The molecule has 0 unspecified atom stereocenters. The van der Waals surface area contributed by atoms with E-state index in [-0.39, 0.29) is 0 Å². The normalized spacial score (nSPS) is 15.0. The van der Waals surface area contributed by atoms with Gasteiger partial charge in [-0.05, 0) is 48.4 Å². The first kappa shape index (κ1) is 14.2. The molecule has 2 nitrogen and oxygen atoms in total. The Morgan fingerprint density at radius 1 is 1.05 bits per heavy atom. The van der Waals surface area contributed by atoms with Crippen LogP contribution in [-0.4, -0.2) is 5.71 Å². The number of hydrogen-bond donors (Lipinski definition) is 0. The Morgan fingerprint density at radius 3 is 2.43 bits per heavy atom. The fourth-order valence-corrected chi connectivity index (χ4v) is 2.33. The first-order chi connectivity index (χ1) is 10.3. The first-order valence-electron chi connectivity index (χ1n) is 7.30. The average Bonchev–Trinajstić information content (AvgIpc) is 3.32. The smallest absolute Gasteiger partial charge is 0.142 e. The SMILES string of the molecule is Clc1ccc(/C(CC2CC2)=N/OCc2ccccc2)cc1. The van der Waals surface area contributed by atoms with Crippen LogP contribution in [0.4, 0.5) is 0 Å². The van der Waals surface area contributed by atoms with Gasteiger partial charge in [0, 0.05) is 5.02 Å². The van der Waals surface area contributed by atoms with Crippen LogP contribution in [0, 0.1) is 5.92 Å². The molecule has 0 atom stereocenters. The maximum absolute atomic E-state index is 5.95. The highest BCUT2D eigenvalue weighted by Gasteiger charge is 2.24. The summed E-state index contributed by atoms with van der Waals surface area (Å²) in [5.41, 5.74) is 3.24. The monoisotopic (exact) mass is 299 g/mol. The first-order valence-corrected chi connectivity index (χ1v) is 7.68. The summed E-state index contributed by atoms with van der Waals surface area (Å²) in [6.45, 7) is 0.503. The largest absolute Gasteiger partial charge is 0.391 e. The molecule has 0 N–H and O–H groups in total. The number of oxime groups is 1. The number of rotatable bonds is 6. The Bertz CT molecular complexity index is 603. The zero-order valence-corrected chi connectivity index (χ0v) is 12.6. The highest BCUT2D eigenvalue weighted by Crippen LogP contribution is 2.34. The van der Waals surface area contributed by atoms with E-state index >= 15 is 0 Å². The Balaban J connectivity index is 1.69. The van der Waals surface area contributed by atoms with Crippen LogP contribution >= 0.6 is 11.6 Å². The van der Waals surface area contributed by atoms with Gasteiger partial charge in [0.1, 0.15) is 6.61 Å². The van der Waals surface area contributed by atoms with E-state index < -0.39 is 0 Å². The van der Waals surface area contributed by atoms with Crippen LogP contribution in [0.25, 0.3) is 0 Å². The van der Waals surface area contributed by atoms with Gasteiger partial charge in [-0.3, -0.25) is 0 Å². The molecule has 0 bridgehead atoms. The van der Waals surface area contributed by atoms with Gasteiger partial charge >= 0.3 is 0 Å². The van der Waals surface area contributed by atoms with Crippen molar-refractivity contribution in [3.8, 4) is 0 Å². The molecule has 0 spiro atoms. The lowest BCUT2D eigenvalue weighted by Gasteiger charge is -2.07. The number of benzene rings is 2. The van der Waals surface area contributed by atoms with Crippen molar-refractivity contribution in [2.45, 2.75) is 25.9 Å². The molecule has 0 saturated heterocycles. The minimum absolute atomic E-state index is 0.503. The summed E-state index contributed by atoms with van der Waals surface area (Å²) >= 11 is 5.95. The van der Waals surface area contributed by atoms with Gasteiger partial charge in [-0.2, -0.15) is 0 Å². The summed E-state index contributed by atoms with van der Waals surface area (Å²) in [6.07, 6.45) is 3.58. The van der Waals surface area contributed by atoms with Crippen molar-refractivity contribution in [2.24, 2.45) is 11.1 Å². The third-order valence-corrected chi connectivity index (χ3v) is 3.86. The second kappa shape index (κ2) is 6.77. The van der Waals surface area contributed by atoms with Crippen molar-refractivity contribution >= 4 is 17.3 Å². The van der Waals surface area contributed by atoms with Crippen LogP contribution in [0.5, 0.6) is 0 Å². The van der Waals surface area contributed by atoms with Gasteiger partial charge in [0.2, 0.25) is 0 Å². The third-order valence-electron chi connectivity index (χ3n) is 3.61. The molecule has 0 aromatic heterocycles. The Hall–Kier alpha value is -1.80. The lowest BCUT2D eigenvalue weighted by molar-refractivity contribution is 0.130. The molecule has 1 aliphatic carbocycles. The summed E-state index contributed by atoms with van der Waals surface area (Å²) < 4.78 is 0. The predicted molar refractivity (Wildman–Crippen MR) is 86.6 cm³/mol. The van der Waals surface area contributed by atoms with Crippen molar-refractivity contribution in [3.63, 3.8) is 0 Å². The van der Waals surface area contributed by atoms with E-state index in [1.165, 1.54) is 12.8 Å². The molecule has 0 radical (unpaired) electrons. The van der Waals surface area contributed by atoms with Crippen molar-refractivity contribution in [1.29, 1.82) is 0 Å². The zero-order valence-electron chi connectivity index (χ0n) is 11.8. The van der Waals surface area contributed by atoms with E-state index in [4.69, 9.17) is 16.4 Å². The van der Waals surface area contributed by atoms with E-state index in [9.17, 15) is 0 Å². The van der Waals surface area contributed by atoms with Crippen LogP contribution in [0.15, 0.2) is 59.8 Å². The molecule has 3 rings (SSSR count). The molecule has 2 aromatic carbocycles. The van der Waals surface area contributed by atoms with Crippen LogP contribution in [0.3, 0.4) is 0 Å². The van der Waals surface area contributed by atoms with Crippen LogP contribution < -0.4 is 0 Å². The van der Waals surface area contributed by atoms with Crippen molar-refractivity contribution in [2.75, 3.05) is 0 Å². The van der Waals surface area contributed by atoms with Crippen LogP contribution in [-0.2, 0) is 11.4 Å². The van der Waals surface area contributed by atoms with Crippen LogP contribution in [0.2, 0.25) is 5.02 Å². The van der Waals surface area contributed by atoms with E-state index in [2.05, 4.69) is 5.16 Å². The van der Waals surface area contributed by atoms with Crippen molar-refractivity contribution < 1.29 is 4.84 Å². The molecular weight excluding hydrogens is 282 g/mol. The molecule has 0 aliphatic heterocycles. The molecular formula is C18H18ClNO. The Kier molecular flexibility index (Phi) is 4.56. The minimum Gasteiger partial charge on any atom is -0.391 e. The molecule has 21 heavy (non-hydrogen) atoms. The van der Waals surface area contributed by atoms with Gasteiger partial charge in [-0.25, -0.2) is 0 Å². The van der Waals surface area contributed by atoms with Gasteiger partial charge in [-0.1, -0.05) is 59.2 Å². The number of halogens is 1. The van der Waals surface area contributed by atoms with Crippen molar-refractivity contribution in [3.05, 3.63) is 70.7 Å². The summed E-state index contributed by atoms with van der Waals surface area (Å²) in [7, 11) is 0. The van der Waals surface area contributed by atoms with E-state index in [0.717, 1.165) is 34.2 Å². The highest BCUT2D eigenvalue weighted by atomic mass is 35.5. The maximum Gasteiger partial charge on any atom is 0.142 e. The van der Waals surface area contributed by atoms with Gasteiger partial charge < -0.3 is 4.84 Å². The lowest BCUT2D eigenvalue weighted by Crippen LogP contribution is -2.03. The van der Waals surface area contributed by atoms with Gasteiger partial charge in [0.15, 0.2) is 0 Å². The second-order valence-electron chi connectivity index (χ2n) is 5.45. The summed E-state index contributed by atoms with van der Waals surface area (Å²) in [6, 6.07) is 17.9. The second-order valence-corrected chi connectivity index (χ2v) is 5.89. The molecule has 108 valence electrons. The molecule has 1 saturated carbocycles. The Labute approximate surface area is 130 Å². The van der Waals surface area contributed by atoms with Gasteiger partial charge in [0.25, 0.3) is 0 Å². The molecule has 3 heteroatoms. The molecule has 2 aromatic rings. The zero-order chi connectivity index (χ0) is 14.5. The number of hydrogen-bond acceptors (Lipinski definition) is 2. The topological polar surface area (TPSA) is 21.6 Å². The minimum atomic E-state index is 0.503. The summed E-state index contributed by atoms with van der Waals surface area (Å²) in [5, 5.41) is 5.12. The highest BCUT2D eigenvalue weighted by molar-refractivity contribution is 6.30. The van der Waals surface area contributed by atoms with Crippen molar-refractivity contribution in [1.82, 2.24) is 0 Å². The predicted octanol–water partition coefficient (Wildman–Crippen LogP) is 5.06. The fraction of sp³-hybridized carbons (Fsp3) is 0.278. The van der Waals surface area contributed by atoms with E-state index in [1.54, 1.807) is 0 Å². The molecule has 0 amide bonds. The third kappa shape index (κ3) is 4.33. The maximum atomic E-state index is 5.95. The van der Waals surface area contributed by atoms with Crippen LogP contribution in [0.1, 0.15) is 30.4 Å². The molecule has 1 aliphatic rings. The summed E-state index contributed by atoms with van der Waals surface area (Å²) in [5.74, 6) is 0.764. The van der Waals surface area contributed by atoms with Gasteiger partial charge in [0.05, 0.1) is 5.71 Å². The standard InChI is InChI=1S/C18H18ClNO/c19-17-10-8-16(9-11-17)18(12-14-6-7-14)20-21-13-15-4-2-1-3-5-15/h1-5,8-11,14H,6-7,12-13H2/b20-18+. The quantitative estimate of drug-likeness (QED) is 0.539. The van der Waals surface area contributed by atoms with E-state index in [0.29, 0.717) is 6.61 Å². The van der Waals surface area contributed by atoms with E-state index in [1.807, 2.05) is 54.6 Å². The Morgan fingerprint density at radius 2 is 1.76 bits per heavy atom. The van der Waals surface area contributed by atoms with Gasteiger partial charge in [-0.15, -0.1) is 0 Å². The summed E-state index contributed by atoms with van der Waals surface area (Å²) in [4.78, 5) is 5.55. The lowest BCUT2D eigenvalue weighted by atomic mass is 10.1. The molecule has 0 heterocycles.